The number of hydrogen-bond donors (Lipinski definition) is 2. The van der Waals surface area contributed by atoms with Gasteiger partial charge in [-0.2, -0.15) is 13.2 Å². The van der Waals surface area contributed by atoms with Crippen molar-refractivity contribution >= 4 is 22.3 Å². The van der Waals surface area contributed by atoms with Crippen molar-refractivity contribution in [2.45, 2.75) is 19.1 Å². The molecule has 2 rings (SSSR count). The highest BCUT2D eigenvalue weighted by Crippen LogP contribution is 2.34. The van der Waals surface area contributed by atoms with Crippen LogP contribution in [0.25, 0.3) is 0 Å². The van der Waals surface area contributed by atoms with Gasteiger partial charge < -0.3 is 10.0 Å². The van der Waals surface area contributed by atoms with Gasteiger partial charge in [0.1, 0.15) is 4.88 Å². The number of hydrogen-bond acceptors (Lipinski definition) is 4. The first-order valence-corrected chi connectivity index (χ1v) is 6.07. The van der Waals surface area contributed by atoms with Crippen LogP contribution in [0.3, 0.4) is 0 Å². The lowest BCUT2D eigenvalue weighted by molar-refractivity contribution is -0.132. The van der Waals surface area contributed by atoms with Crippen LogP contribution in [0.1, 0.15) is 21.7 Å². The fourth-order valence-corrected chi connectivity index (χ4v) is 2.80. The van der Waals surface area contributed by atoms with E-state index in [-0.39, 0.29) is 11.4 Å². The number of rotatable bonds is 3. The molecule has 1 aliphatic heterocycles. The molecule has 0 spiro atoms. The minimum absolute atomic E-state index is 0.153. The third-order valence-electron chi connectivity index (χ3n) is 2.57. The number of nitrogens with one attached hydrogen (secondary N) is 1. The van der Waals surface area contributed by atoms with Crippen LogP contribution in [0, 0.1) is 0 Å². The molecule has 0 aromatic carbocycles. The Labute approximate surface area is 105 Å². The van der Waals surface area contributed by atoms with E-state index in [1.54, 1.807) is 0 Å². The highest BCUT2D eigenvalue weighted by molar-refractivity contribution is 7.18. The molecule has 0 atom stereocenters. The van der Waals surface area contributed by atoms with Crippen molar-refractivity contribution in [3.05, 3.63) is 16.5 Å². The summed E-state index contributed by atoms with van der Waals surface area (Å²) in [4.78, 5) is 12.5. The maximum Gasteiger partial charge on any atom is 0.390 e. The molecule has 1 aromatic heterocycles. The number of aromatic carboxylic acids is 1. The molecule has 100 valence electrons. The highest BCUT2D eigenvalue weighted by Gasteiger charge is 2.30. The second kappa shape index (κ2) is 4.77. The summed E-state index contributed by atoms with van der Waals surface area (Å²) in [5, 5.41) is 12.4. The molecule has 2 heterocycles. The number of carboxylic acids is 1. The standard InChI is InChI=1S/C10H11F3N2O2S/c11-10(12,13)1-2-15-5-14-4-6-3-7(9(16)17)18-8(6)15/h3,14H,1-2,4-5H2,(H,16,17). The van der Waals surface area contributed by atoms with E-state index < -0.39 is 18.6 Å². The zero-order chi connectivity index (χ0) is 13.3. The third kappa shape index (κ3) is 2.94. The van der Waals surface area contributed by atoms with Gasteiger partial charge in [0.05, 0.1) is 18.1 Å². The molecule has 0 radical (unpaired) electrons. The molecule has 1 aliphatic rings. The van der Waals surface area contributed by atoms with Crippen molar-refractivity contribution in [2.24, 2.45) is 0 Å². The zero-order valence-electron chi connectivity index (χ0n) is 9.25. The number of anilines is 1. The van der Waals surface area contributed by atoms with Crippen LogP contribution >= 0.6 is 11.3 Å². The molecule has 0 fully saturated rings. The first-order chi connectivity index (χ1) is 8.37. The first kappa shape index (κ1) is 13.2. The van der Waals surface area contributed by atoms with Gasteiger partial charge in [0.15, 0.2) is 0 Å². The van der Waals surface area contributed by atoms with Gasteiger partial charge in [-0.25, -0.2) is 4.79 Å². The average molecular weight is 280 g/mol. The summed E-state index contributed by atoms with van der Waals surface area (Å²) in [6.45, 7) is 0.632. The molecule has 8 heteroatoms. The topological polar surface area (TPSA) is 52.6 Å². The summed E-state index contributed by atoms with van der Waals surface area (Å²) < 4.78 is 36.5. The lowest BCUT2D eigenvalue weighted by Crippen LogP contribution is -2.39. The SMILES string of the molecule is O=C(O)c1cc2c(s1)N(CCC(F)(F)F)CNC2. The normalized spacial score (nSPS) is 15.6. The van der Waals surface area contributed by atoms with E-state index in [0.717, 1.165) is 16.9 Å². The summed E-state index contributed by atoms with van der Waals surface area (Å²) >= 11 is 1.02. The van der Waals surface area contributed by atoms with E-state index in [0.29, 0.717) is 18.2 Å². The largest absolute Gasteiger partial charge is 0.477 e. The third-order valence-corrected chi connectivity index (χ3v) is 3.79. The van der Waals surface area contributed by atoms with Crippen molar-refractivity contribution in [3.63, 3.8) is 0 Å². The van der Waals surface area contributed by atoms with E-state index >= 15 is 0 Å². The second-order valence-corrected chi connectivity index (χ2v) is 4.99. The maximum absolute atomic E-state index is 12.2. The summed E-state index contributed by atoms with van der Waals surface area (Å²) in [6.07, 6.45) is -5.11. The predicted molar refractivity (Wildman–Crippen MR) is 61.0 cm³/mol. The van der Waals surface area contributed by atoms with Gasteiger partial charge in [-0.3, -0.25) is 5.32 Å². The number of nitrogens with zero attached hydrogens (tertiary/aromatic N) is 1. The van der Waals surface area contributed by atoms with Crippen molar-refractivity contribution in [2.75, 3.05) is 18.1 Å². The number of thiophene rings is 1. The van der Waals surface area contributed by atoms with Gasteiger partial charge >= 0.3 is 12.1 Å². The summed E-state index contributed by atoms with van der Waals surface area (Å²) in [7, 11) is 0. The van der Waals surface area contributed by atoms with Gasteiger partial charge in [-0.1, -0.05) is 0 Å². The Balaban J connectivity index is 2.14. The fraction of sp³-hybridized carbons (Fsp3) is 0.500. The summed E-state index contributed by atoms with van der Waals surface area (Å²) in [6, 6.07) is 1.51. The van der Waals surface area contributed by atoms with E-state index in [1.807, 2.05) is 0 Å². The molecule has 0 saturated heterocycles. The van der Waals surface area contributed by atoms with Crippen molar-refractivity contribution in [3.8, 4) is 0 Å². The predicted octanol–water partition coefficient (Wildman–Crippen LogP) is 2.27. The first-order valence-electron chi connectivity index (χ1n) is 5.25. The number of carboxylic acid groups (broad SMARTS) is 1. The quantitative estimate of drug-likeness (QED) is 0.891. The van der Waals surface area contributed by atoms with Gasteiger partial charge in [0.2, 0.25) is 0 Å². The number of alkyl halides is 3. The van der Waals surface area contributed by atoms with Crippen molar-refractivity contribution < 1.29 is 23.1 Å². The van der Waals surface area contributed by atoms with Gasteiger partial charge in [0, 0.05) is 18.7 Å². The molecule has 18 heavy (non-hydrogen) atoms. The number of fused-ring (bicyclic) bond motifs is 1. The smallest absolute Gasteiger partial charge is 0.390 e. The molecule has 2 N–H and O–H groups in total. The highest BCUT2D eigenvalue weighted by atomic mass is 32.1. The number of carbonyl (C=O) groups is 1. The van der Waals surface area contributed by atoms with Crippen LogP contribution in [0.15, 0.2) is 6.07 Å². The Morgan fingerprint density at radius 3 is 2.89 bits per heavy atom. The fourth-order valence-electron chi connectivity index (χ4n) is 1.76. The van der Waals surface area contributed by atoms with Crippen LogP contribution in [0.2, 0.25) is 0 Å². The molecule has 4 nitrogen and oxygen atoms in total. The van der Waals surface area contributed by atoms with Crippen LogP contribution < -0.4 is 10.2 Å². The molecule has 0 amide bonds. The molecule has 0 unspecified atom stereocenters. The second-order valence-electron chi connectivity index (χ2n) is 3.96. The van der Waals surface area contributed by atoms with Crippen molar-refractivity contribution in [1.82, 2.24) is 5.32 Å². The molecule has 0 saturated carbocycles. The van der Waals surface area contributed by atoms with E-state index in [4.69, 9.17) is 5.11 Å². The van der Waals surface area contributed by atoms with Gasteiger partial charge in [-0.05, 0) is 6.07 Å². The minimum atomic E-state index is -4.20. The monoisotopic (exact) mass is 280 g/mol. The molecule has 0 aliphatic carbocycles. The average Bonchev–Trinajstić information content (AvgIpc) is 2.69. The molecular formula is C10H11F3N2O2S. The van der Waals surface area contributed by atoms with Crippen LogP contribution in [-0.4, -0.2) is 30.5 Å². The molecular weight excluding hydrogens is 269 g/mol. The Morgan fingerprint density at radius 1 is 1.56 bits per heavy atom. The van der Waals surface area contributed by atoms with Crippen LogP contribution in [0.5, 0.6) is 0 Å². The van der Waals surface area contributed by atoms with E-state index in [9.17, 15) is 18.0 Å². The number of halogens is 3. The lowest BCUT2D eigenvalue weighted by atomic mass is 10.2. The van der Waals surface area contributed by atoms with Crippen molar-refractivity contribution in [1.29, 1.82) is 0 Å². The van der Waals surface area contributed by atoms with Crippen LogP contribution in [-0.2, 0) is 6.54 Å². The van der Waals surface area contributed by atoms with E-state index in [2.05, 4.69) is 5.32 Å². The molecule has 0 bridgehead atoms. The van der Waals surface area contributed by atoms with E-state index in [1.165, 1.54) is 11.0 Å². The lowest BCUT2D eigenvalue weighted by Gasteiger charge is -2.29. The van der Waals surface area contributed by atoms with Crippen LogP contribution in [0.4, 0.5) is 18.2 Å². The molecule has 1 aromatic rings. The maximum atomic E-state index is 12.2. The van der Waals surface area contributed by atoms with Gasteiger partial charge in [0.25, 0.3) is 0 Å². The summed E-state index contributed by atoms with van der Waals surface area (Å²) in [5.41, 5.74) is 0.742. The zero-order valence-corrected chi connectivity index (χ0v) is 10.1. The minimum Gasteiger partial charge on any atom is -0.477 e. The summed E-state index contributed by atoms with van der Waals surface area (Å²) in [5.74, 6) is -1.05. The Kier molecular flexibility index (Phi) is 3.49. The Hall–Kier alpha value is -1.28. The Morgan fingerprint density at radius 2 is 2.28 bits per heavy atom. The van der Waals surface area contributed by atoms with Gasteiger partial charge in [-0.15, -0.1) is 11.3 Å². The Bertz CT molecular complexity index is 458.